The Labute approximate surface area is 358 Å². The molecule has 0 aliphatic carbocycles. The highest BCUT2D eigenvalue weighted by Gasteiger charge is 2.29. The molecule has 0 saturated carbocycles. The van der Waals surface area contributed by atoms with Gasteiger partial charge in [0.25, 0.3) is 0 Å². The summed E-state index contributed by atoms with van der Waals surface area (Å²) in [7, 11) is 0. The molecule has 2 saturated heterocycles. The number of aliphatic hydroxyl groups is 1. The van der Waals surface area contributed by atoms with E-state index in [0.717, 1.165) is 118 Å². The van der Waals surface area contributed by atoms with Crippen molar-refractivity contribution < 1.29 is 14.6 Å². The molecule has 59 heavy (non-hydrogen) atoms. The van der Waals surface area contributed by atoms with Gasteiger partial charge in [-0.25, -0.2) is 9.97 Å². The molecule has 9 nitrogen and oxygen atoms in total. The van der Waals surface area contributed by atoms with Crippen molar-refractivity contribution in [2.75, 3.05) is 49.2 Å². The summed E-state index contributed by atoms with van der Waals surface area (Å²) >= 11 is 12.5. The molecule has 0 atom stereocenters. The van der Waals surface area contributed by atoms with Gasteiger partial charge < -0.3 is 28.8 Å². The normalized spacial score (nSPS) is 15.3. The lowest BCUT2D eigenvalue weighted by Crippen LogP contribution is -2.37. The summed E-state index contributed by atoms with van der Waals surface area (Å²) in [6.07, 6.45) is 8.08. The van der Waals surface area contributed by atoms with Crippen LogP contribution in [0.5, 0.6) is 0 Å². The molecule has 1 N–H and O–H groups in total. The number of ether oxygens (including phenoxy) is 1. The zero-order valence-electron chi connectivity index (χ0n) is 36.0. The zero-order valence-corrected chi connectivity index (χ0v) is 37.6. The Morgan fingerprint density at radius 1 is 0.644 bits per heavy atom. The summed E-state index contributed by atoms with van der Waals surface area (Å²) in [4.78, 5) is 26.9. The number of halogens is 2. The Bertz CT molecular complexity index is 2480. The molecular weight excluding hydrogens is 779 g/mol. The molecule has 2 fully saturated rings. The third-order valence-electron chi connectivity index (χ3n) is 12.2. The summed E-state index contributed by atoms with van der Waals surface area (Å²) in [6.45, 7) is 23.0. The maximum atomic E-state index is 12.1. The minimum Gasteiger partial charge on any atom is -0.466 e. The van der Waals surface area contributed by atoms with Gasteiger partial charge >= 0.3 is 5.97 Å². The third kappa shape index (κ3) is 8.57. The number of piperidine rings is 2. The van der Waals surface area contributed by atoms with Gasteiger partial charge in [-0.2, -0.15) is 0 Å². The van der Waals surface area contributed by atoms with Crippen LogP contribution in [-0.4, -0.2) is 69.6 Å². The van der Waals surface area contributed by atoms with Crippen LogP contribution in [0.2, 0.25) is 10.0 Å². The lowest BCUT2D eigenvalue weighted by Gasteiger charge is -2.33. The van der Waals surface area contributed by atoms with Crippen LogP contribution in [0.25, 0.3) is 33.4 Å². The van der Waals surface area contributed by atoms with E-state index >= 15 is 0 Å². The first-order valence-corrected chi connectivity index (χ1v) is 21.7. The van der Waals surface area contributed by atoms with E-state index in [9.17, 15) is 9.90 Å². The van der Waals surface area contributed by atoms with Gasteiger partial charge in [-0.3, -0.25) is 4.79 Å². The SMILES string of the molecule is CCOC(=O)C1CCN(c2cc(C)nc3c2c(C)cn3-c2c(C)cc(Cl)cc2C)CC1.Cc1cc(N2CCC(CO)CC2)c2c(C)cn(-c3c(C)cc(Cl)cc3C)c2n1. The predicted octanol–water partition coefficient (Wildman–Crippen LogP) is 10.8. The number of esters is 1. The quantitative estimate of drug-likeness (QED) is 0.160. The minimum absolute atomic E-state index is 0.000290. The second kappa shape index (κ2) is 17.6. The van der Waals surface area contributed by atoms with E-state index in [1.54, 1.807) is 0 Å². The van der Waals surface area contributed by atoms with Gasteiger partial charge in [-0.05, 0) is 164 Å². The smallest absolute Gasteiger partial charge is 0.309 e. The summed E-state index contributed by atoms with van der Waals surface area (Å²) < 4.78 is 9.66. The molecule has 2 aromatic carbocycles. The molecule has 0 spiro atoms. The summed E-state index contributed by atoms with van der Waals surface area (Å²) in [5.41, 5.74) is 15.7. The maximum Gasteiger partial charge on any atom is 0.309 e. The average molecular weight is 838 g/mol. The van der Waals surface area contributed by atoms with Gasteiger partial charge in [0.2, 0.25) is 0 Å². The fraction of sp³-hybridized carbons (Fsp3) is 0.438. The number of pyridine rings is 2. The fourth-order valence-corrected chi connectivity index (χ4v) is 10.1. The molecule has 6 heterocycles. The van der Waals surface area contributed by atoms with Gasteiger partial charge in [0, 0.05) is 88.8 Å². The van der Waals surface area contributed by atoms with E-state index < -0.39 is 0 Å². The first-order chi connectivity index (χ1) is 28.2. The van der Waals surface area contributed by atoms with Crippen LogP contribution in [0.3, 0.4) is 0 Å². The highest BCUT2D eigenvalue weighted by Crippen LogP contribution is 2.38. The van der Waals surface area contributed by atoms with Crippen LogP contribution in [0.1, 0.15) is 77.4 Å². The second-order valence-electron chi connectivity index (χ2n) is 16.7. The Morgan fingerprint density at radius 2 is 1.03 bits per heavy atom. The number of anilines is 2. The van der Waals surface area contributed by atoms with E-state index in [-0.39, 0.29) is 11.9 Å². The number of hydrogen-bond donors (Lipinski definition) is 1. The van der Waals surface area contributed by atoms with E-state index in [4.69, 9.17) is 37.9 Å². The van der Waals surface area contributed by atoms with Crippen molar-refractivity contribution in [3.8, 4) is 11.4 Å². The molecule has 0 bridgehead atoms. The lowest BCUT2D eigenvalue weighted by atomic mass is 9.96. The van der Waals surface area contributed by atoms with E-state index in [0.29, 0.717) is 19.1 Å². The van der Waals surface area contributed by atoms with Crippen LogP contribution in [0, 0.1) is 67.2 Å². The molecule has 312 valence electrons. The standard InChI is InChI=1S/C25H30ClN3O2.C23H28ClN3O/c1-6-31-25(30)19-7-9-28(10-8-19)21-13-18(5)27-24-22(21)17(4)14-29(24)23-15(2)11-20(26)12-16(23)3;1-14-9-19(24)10-15(2)22(14)27-12-16(3)21-20(11-17(4)25-23(21)27)26-7-5-18(13-28)6-8-26/h11-14,19H,6-10H2,1-5H3;9-12,18,28H,5-8,13H2,1-4H3. The van der Waals surface area contributed by atoms with Crippen molar-refractivity contribution in [1.82, 2.24) is 19.1 Å². The number of benzene rings is 2. The van der Waals surface area contributed by atoms with Gasteiger partial charge in [-0.15, -0.1) is 0 Å². The monoisotopic (exact) mass is 836 g/mol. The highest BCUT2D eigenvalue weighted by atomic mass is 35.5. The molecule has 0 amide bonds. The van der Waals surface area contributed by atoms with Gasteiger partial charge in [0.1, 0.15) is 11.3 Å². The van der Waals surface area contributed by atoms with Gasteiger partial charge in [0.05, 0.1) is 23.9 Å². The number of hydrogen-bond acceptors (Lipinski definition) is 7. The number of aryl methyl sites for hydroxylation is 8. The number of fused-ring (bicyclic) bond motifs is 2. The van der Waals surface area contributed by atoms with E-state index in [1.165, 1.54) is 33.3 Å². The Morgan fingerprint density at radius 3 is 1.41 bits per heavy atom. The molecule has 2 aliphatic rings. The molecule has 4 aromatic heterocycles. The average Bonchev–Trinajstić information content (AvgIpc) is 3.68. The maximum absolute atomic E-state index is 12.1. The molecule has 6 aromatic rings. The summed E-state index contributed by atoms with van der Waals surface area (Å²) in [5, 5.41) is 13.4. The number of aromatic nitrogens is 4. The molecule has 0 radical (unpaired) electrons. The lowest BCUT2D eigenvalue weighted by molar-refractivity contribution is -0.148. The van der Waals surface area contributed by atoms with Crippen molar-refractivity contribution in [2.45, 2.75) is 88.0 Å². The van der Waals surface area contributed by atoms with Crippen LogP contribution < -0.4 is 9.80 Å². The van der Waals surface area contributed by atoms with Crippen LogP contribution in [-0.2, 0) is 9.53 Å². The minimum atomic E-state index is -0.0609. The second-order valence-corrected chi connectivity index (χ2v) is 17.6. The molecular formula is C48H58Cl2N6O3. The third-order valence-corrected chi connectivity index (χ3v) is 12.6. The van der Waals surface area contributed by atoms with Gasteiger partial charge in [0.15, 0.2) is 0 Å². The van der Waals surface area contributed by atoms with Crippen molar-refractivity contribution in [3.63, 3.8) is 0 Å². The van der Waals surface area contributed by atoms with Crippen LogP contribution in [0.4, 0.5) is 11.4 Å². The summed E-state index contributed by atoms with van der Waals surface area (Å²) in [5.74, 6) is 0.369. The molecule has 8 rings (SSSR count). The number of carbonyl (C=O) groups excluding carboxylic acids is 1. The van der Waals surface area contributed by atoms with Crippen LogP contribution in [0.15, 0.2) is 48.8 Å². The highest BCUT2D eigenvalue weighted by molar-refractivity contribution is 6.31. The van der Waals surface area contributed by atoms with Crippen molar-refractivity contribution in [1.29, 1.82) is 0 Å². The largest absolute Gasteiger partial charge is 0.466 e. The number of aliphatic hydroxyl groups excluding tert-OH is 1. The first kappa shape index (κ1) is 42.6. The van der Waals surface area contributed by atoms with Crippen molar-refractivity contribution in [3.05, 3.63) is 104 Å². The zero-order chi connectivity index (χ0) is 42.3. The van der Waals surface area contributed by atoms with E-state index in [2.05, 4.69) is 91.9 Å². The molecule has 2 aliphatic heterocycles. The number of rotatable bonds is 7. The molecule has 0 unspecified atom stereocenters. The number of carbonyl (C=O) groups is 1. The Balaban J connectivity index is 0.000000180. The van der Waals surface area contributed by atoms with Gasteiger partial charge in [-0.1, -0.05) is 23.2 Å². The predicted molar refractivity (Wildman–Crippen MR) is 244 cm³/mol. The van der Waals surface area contributed by atoms with Crippen molar-refractivity contribution >= 4 is 62.6 Å². The first-order valence-electron chi connectivity index (χ1n) is 21.0. The fourth-order valence-electron chi connectivity index (χ4n) is 9.40. The Kier molecular flexibility index (Phi) is 12.7. The number of nitrogens with zero attached hydrogens (tertiary/aromatic N) is 6. The topological polar surface area (TPSA) is 88.6 Å². The van der Waals surface area contributed by atoms with Crippen molar-refractivity contribution in [2.24, 2.45) is 11.8 Å². The summed E-state index contributed by atoms with van der Waals surface area (Å²) in [6, 6.07) is 12.4. The molecule has 11 heteroatoms. The van der Waals surface area contributed by atoms with Crippen LogP contribution >= 0.6 is 23.2 Å². The Hall–Kier alpha value is -4.57. The van der Waals surface area contributed by atoms with E-state index in [1.807, 2.05) is 38.1 Å².